The number of benzene rings is 1. The molecule has 5 heteroatoms. The summed E-state index contributed by atoms with van der Waals surface area (Å²) >= 11 is 0. The molecule has 0 heterocycles. The third kappa shape index (κ3) is 3.44. The maximum atomic E-state index is 11.6. The second-order valence-corrected chi connectivity index (χ2v) is 6.34. The van der Waals surface area contributed by atoms with E-state index in [-0.39, 0.29) is 0 Å². The second kappa shape index (κ2) is 5.51. The molecular weight excluding hydrogens is 238 g/mol. The van der Waals surface area contributed by atoms with Gasteiger partial charge in [0.1, 0.15) is 5.75 Å². The Morgan fingerprint density at radius 1 is 1.29 bits per heavy atom. The minimum atomic E-state index is -3.13. The molecule has 2 N–H and O–H groups in total. The molecule has 4 nitrogen and oxygen atoms in total. The van der Waals surface area contributed by atoms with E-state index in [1.807, 2.05) is 6.92 Å². The fraction of sp³-hybridized carbons (Fsp3) is 0.500. The van der Waals surface area contributed by atoms with Crippen LogP contribution in [0.5, 0.6) is 5.75 Å². The van der Waals surface area contributed by atoms with Gasteiger partial charge in [0.25, 0.3) is 0 Å². The van der Waals surface area contributed by atoms with Gasteiger partial charge in [-0.1, -0.05) is 19.1 Å². The zero-order valence-corrected chi connectivity index (χ0v) is 11.2. The Bertz CT molecular complexity index is 453. The lowest BCUT2D eigenvalue weighted by molar-refractivity contribution is 0.414. The summed E-state index contributed by atoms with van der Waals surface area (Å²) in [4.78, 5) is 0. The lowest BCUT2D eigenvalue weighted by Crippen LogP contribution is -2.32. The van der Waals surface area contributed by atoms with E-state index in [1.54, 1.807) is 31.4 Å². The van der Waals surface area contributed by atoms with E-state index in [1.165, 1.54) is 6.26 Å². The summed E-state index contributed by atoms with van der Waals surface area (Å²) < 4.78 is 28.2. The van der Waals surface area contributed by atoms with Gasteiger partial charge in [-0.2, -0.15) is 0 Å². The van der Waals surface area contributed by atoms with Crippen molar-refractivity contribution in [2.45, 2.75) is 24.6 Å². The predicted molar refractivity (Wildman–Crippen MR) is 68.8 cm³/mol. The largest absolute Gasteiger partial charge is 0.497 e. The fourth-order valence-electron chi connectivity index (χ4n) is 1.86. The molecular formula is C12H19NO3S. The van der Waals surface area contributed by atoms with E-state index < -0.39 is 21.1 Å². The van der Waals surface area contributed by atoms with Crippen molar-refractivity contribution in [3.05, 3.63) is 29.8 Å². The molecule has 0 aliphatic carbocycles. The molecule has 1 aromatic rings. The number of sulfone groups is 1. The first-order valence-corrected chi connectivity index (χ1v) is 7.44. The van der Waals surface area contributed by atoms with Crippen molar-refractivity contribution < 1.29 is 13.2 Å². The Hall–Kier alpha value is -1.07. The van der Waals surface area contributed by atoms with Gasteiger partial charge in [-0.15, -0.1) is 0 Å². The number of nitrogens with two attached hydrogens (primary N) is 1. The summed E-state index contributed by atoms with van der Waals surface area (Å²) in [6.07, 6.45) is 1.73. The molecule has 0 bridgehead atoms. The smallest absolute Gasteiger partial charge is 0.152 e. The Kier molecular flexibility index (Phi) is 4.54. The summed E-state index contributed by atoms with van der Waals surface area (Å²) in [5.74, 6) is 0.730. The molecule has 2 atom stereocenters. The molecule has 0 spiro atoms. The van der Waals surface area contributed by atoms with Crippen molar-refractivity contribution in [1.82, 2.24) is 0 Å². The van der Waals surface area contributed by atoms with Gasteiger partial charge in [-0.05, 0) is 24.1 Å². The van der Waals surface area contributed by atoms with E-state index in [0.717, 1.165) is 11.3 Å². The minimum Gasteiger partial charge on any atom is -0.497 e. The molecule has 1 rings (SSSR count). The van der Waals surface area contributed by atoms with Crippen LogP contribution in [-0.2, 0) is 9.84 Å². The van der Waals surface area contributed by atoms with E-state index in [9.17, 15) is 8.42 Å². The average molecular weight is 257 g/mol. The van der Waals surface area contributed by atoms with Gasteiger partial charge in [0.05, 0.1) is 12.4 Å². The molecule has 0 radical (unpaired) electrons. The van der Waals surface area contributed by atoms with Gasteiger partial charge >= 0.3 is 0 Å². The maximum Gasteiger partial charge on any atom is 0.152 e. The number of methoxy groups -OCH3 is 1. The molecule has 1 aromatic carbocycles. The lowest BCUT2D eigenvalue weighted by Gasteiger charge is -2.21. The normalized spacial score (nSPS) is 15.3. The van der Waals surface area contributed by atoms with Gasteiger partial charge in [-0.3, -0.25) is 0 Å². The average Bonchev–Trinajstić information content (AvgIpc) is 2.28. The van der Waals surface area contributed by atoms with Crippen LogP contribution in [0.3, 0.4) is 0 Å². The number of hydrogen-bond acceptors (Lipinski definition) is 4. The lowest BCUT2D eigenvalue weighted by atomic mass is 10.0. The molecule has 0 aliphatic heterocycles. The summed E-state index contributed by atoms with van der Waals surface area (Å²) in [5.41, 5.74) is 6.82. The van der Waals surface area contributed by atoms with E-state index in [0.29, 0.717) is 6.42 Å². The maximum absolute atomic E-state index is 11.6. The topological polar surface area (TPSA) is 69.4 Å². The van der Waals surface area contributed by atoms with Crippen molar-refractivity contribution in [2.24, 2.45) is 5.73 Å². The van der Waals surface area contributed by atoms with Crippen LogP contribution in [0.25, 0.3) is 0 Å². The standard InChI is InChI=1S/C12H19NO3S/c1-4-11(17(3,14)15)12(13)9-5-7-10(16-2)8-6-9/h5-8,11-12H,4,13H2,1-3H3/t11-,12+/m0/s1. The van der Waals surface area contributed by atoms with Crippen LogP contribution in [0.4, 0.5) is 0 Å². The first kappa shape index (κ1) is 14.0. The first-order chi connectivity index (χ1) is 7.90. The molecule has 0 unspecified atom stereocenters. The molecule has 0 amide bonds. The summed E-state index contributed by atoms with van der Waals surface area (Å²) in [7, 11) is -1.55. The van der Waals surface area contributed by atoms with Gasteiger partial charge in [0.15, 0.2) is 9.84 Å². The quantitative estimate of drug-likeness (QED) is 0.868. The molecule has 0 fully saturated rings. The second-order valence-electron chi connectivity index (χ2n) is 4.08. The molecule has 0 saturated carbocycles. The van der Waals surface area contributed by atoms with Crippen LogP contribution < -0.4 is 10.5 Å². The fourth-order valence-corrected chi connectivity index (χ4v) is 3.16. The molecule has 0 aromatic heterocycles. The Balaban J connectivity index is 2.98. The molecule has 17 heavy (non-hydrogen) atoms. The van der Waals surface area contributed by atoms with Gasteiger partial charge in [0.2, 0.25) is 0 Å². The highest BCUT2D eigenvalue weighted by molar-refractivity contribution is 7.91. The van der Waals surface area contributed by atoms with Crippen LogP contribution in [0.1, 0.15) is 24.9 Å². The molecule has 0 aliphatic rings. The van der Waals surface area contributed by atoms with Gasteiger partial charge in [0, 0.05) is 12.3 Å². The number of hydrogen-bond donors (Lipinski definition) is 1. The van der Waals surface area contributed by atoms with Crippen LogP contribution in [0.15, 0.2) is 24.3 Å². The highest BCUT2D eigenvalue weighted by Gasteiger charge is 2.26. The van der Waals surface area contributed by atoms with Crippen molar-refractivity contribution >= 4 is 9.84 Å². The van der Waals surface area contributed by atoms with Crippen LogP contribution in [0, 0.1) is 0 Å². The van der Waals surface area contributed by atoms with Crippen molar-refractivity contribution in [3.8, 4) is 5.75 Å². The van der Waals surface area contributed by atoms with Crippen molar-refractivity contribution in [1.29, 1.82) is 0 Å². The zero-order chi connectivity index (χ0) is 13.1. The third-order valence-corrected chi connectivity index (χ3v) is 4.58. The number of rotatable bonds is 5. The predicted octanol–water partition coefficient (Wildman–Crippen LogP) is 1.52. The van der Waals surface area contributed by atoms with E-state index >= 15 is 0 Å². The van der Waals surface area contributed by atoms with Crippen LogP contribution in [0.2, 0.25) is 0 Å². The van der Waals surface area contributed by atoms with Crippen LogP contribution >= 0.6 is 0 Å². The Labute approximate surface area is 103 Å². The van der Waals surface area contributed by atoms with Gasteiger partial charge < -0.3 is 10.5 Å². The highest BCUT2D eigenvalue weighted by Crippen LogP contribution is 2.23. The molecule has 0 saturated heterocycles. The van der Waals surface area contributed by atoms with Crippen molar-refractivity contribution in [3.63, 3.8) is 0 Å². The first-order valence-electron chi connectivity index (χ1n) is 5.48. The summed E-state index contributed by atoms with van der Waals surface area (Å²) in [5, 5.41) is -0.545. The highest BCUT2D eigenvalue weighted by atomic mass is 32.2. The summed E-state index contributed by atoms with van der Waals surface area (Å²) in [6.45, 7) is 1.83. The van der Waals surface area contributed by atoms with Crippen LogP contribution in [-0.4, -0.2) is 27.0 Å². The Morgan fingerprint density at radius 3 is 2.18 bits per heavy atom. The summed E-state index contributed by atoms with van der Waals surface area (Å²) in [6, 6.07) is 6.67. The van der Waals surface area contributed by atoms with E-state index in [4.69, 9.17) is 10.5 Å². The molecule has 96 valence electrons. The van der Waals surface area contributed by atoms with E-state index in [2.05, 4.69) is 0 Å². The Morgan fingerprint density at radius 2 is 1.82 bits per heavy atom. The zero-order valence-electron chi connectivity index (χ0n) is 10.4. The third-order valence-electron chi connectivity index (χ3n) is 2.85. The minimum absolute atomic E-state index is 0.499. The monoisotopic (exact) mass is 257 g/mol. The van der Waals surface area contributed by atoms with Crippen molar-refractivity contribution in [2.75, 3.05) is 13.4 Å². The SMILES string of the molecule is CC[C@@H]([C@H](N)c1ccc(OC)cc1)S(C)(=O)=O. The number of ether oxygens (including phenoxy) is 1. The van der Waals surface area contributed by atoms with Gasteiger partial charge in [-0.25, -0.2) is 8.42 Å².